The Kier molecular flexibility index (Phi) is 7.05. The highest BCUT2D eigenvalue weighted by molar-refractivity contribution is 6.05. The SMILES string of the molecule is CN(C)C/C=C/C(=O)NCc1ccc(N(C)C(=O)c2ccncc2)cc1. The van der Waals surface area contributed by atoms with Crippen LogP contribution in [0.1, 0.15) is 15.9 Å². The highest BCUT2D eigenvalue weighted by atomic mass is 16.2. The van der Waals surface area contributed by atoms with E-state index in [9.17, 15) is 9.59 Å². The lowest BCUT2D eigenvalue weighted by Gasteiger charge is -2.17. The number of likely N-dealkylation sites (N-methyl/N-ethyl adjacent to an activating group) is 1. The Morgan fingerprint density at radius 2 is 1.69 bits per heavy atom. The first-order chi connectivity index (χ1) is 12.5. The van der Waals surface area contributed by atoms with Crippen molar-refractivity contribution in [1.29, 1.82) is 0 Å². The second-order valence-electron chi connectivity index (χ2n) is 6.15. The minimum atomic E-state index is -0.124. The van der Waals surface area contributed by atoms with Gasteiger partial charge in [-0.3, -0.25) is 14.6 Å². The van der Waals surface area contributed by atoms with Crippen LogP contribution < -0.4 is 10.2 Å². The summed E-state index contributed by atoms with van der Waals surface area (Å²) >= 11 is 0. The quantitative estimate of drug-likeness (QED) is 0.775. The monoisotopic (exact) mass is 352 g/mol. The topological polar surface area (TPSA) is 65.5 Å². The summed E-state index contributed by atoms with van der Waals surface area (Å²) in [4.78, 5) is 31.7. The molecule has 0 unspecified atom stereocenters. The van der Waals surface area contributed by atoms with Gasteiger partial charge in [-0.05, 0) is 43.9 Å². The van der Waals surface area contributed by atoms with Gasteiger partial charge < -0.3 is 15.1 Å². The van der Waals surface area contributed by atoms with Crippen LogP contribution in [0.25, 0.3) is 0 Å². The van der Waals surface area contributed by atoms with Crippen molar-refractivity contribution in [2.24, 2.45) is 0 Å². The van der Waals surface area contributed by atoms with Gasteiger partial charge in [0.1, 0.15) is 0 Å². The minimum absolute atomic E-state index is 0.0977. The van der Waals surface area contributed by atoms with Gasteiger partial charge in [-0.25, -0.2) is 0 Å². The third-order valence-electron chi connectivity index (χ3n) is 3.76. The van der Waals surface area contributed by atoms with E-state index >= 15 is 0 Å². The summed E-state index contributed by atoms with van der Waals surface area (Å²) in [6.45, 7) is 1.16. The molecule has 6 nitrogen and oxygen atoms in total. The van der Waals surface area contributed by atoms with Crippen LogP contribution in [-0.4, -0.2) is 49.4 Å². The Labute approximate surface area is 154 Å². The maximum absolute atomic E-state index is 12.4. The molecule has 0 saturated heterocycles. The third kappa shape index (κ3) is 5.82. The fraction of sp³-hybridized carbons (Fsp3) is 0.250. The van der Waals surface area contributed by atoms with Gasteiger partial charge in [0.25, 0.3) is 5.91 Å². The van der Waals surface area contributed by atoms with Crippen LogP contribution in [0.4, 0.5) is 5.69 Å². The summed E-state index contributed by atoms with van der Waals surface area (Å²) < 4.78 is 0. The number of carbonyl (C=O) groups is 2. The van der Waals surface area contributed by atoms with Gasteiger partial charge in [-0.1, -0.05) is 18.2 Å². The molecule has 0 aliphatic heterocycles. The molecule has 6 heteroatoms. The lowest BCUT2D eigenvalue weighted by Crippen LogP contribution is -2.26. The van der Waals surface area contributed by atoms with Crippen LogP contribution in [0.5, 0.6) is 0 Å². The van der Waals surface area contributed by atoms with Crippen LogP contribution in [0.2, 0.25) is 0 Å². The van der Waals surface area contributed by atoms with E-state index < -0.39 is 0 Å². The van der Waals surface area contributed by atoms with Gasteiger partial charge in [-0.15, -0.1) is 0 Å². The van der Waals surface area contributed by atoms with E-state index in [1.807, 2.05) is 49.3 Å². The maximum atomic E-state index is 12.4. The number of benzene rings is 1. The highest BCUT2D eigenvalue weighted by Gasteiger charge is 2.13. The molecular formula is C20H24N4O2. The molecule has 0 aliphatic rings. The van der Waals surface area contributed by atoms with Crippen molar-refractivity contribution in [3.05, 3.63) is 72.1 Å². The summed E-state index contributed by atoms with van der Waals surface area (Å²) in [5, 5.41) is 2.84. The smallest absolute Gasteiger partial charge is 0.258 e. The van der Waals surface area contributed by atoms with Gasteiger partial charge in [-0.2, -0.15) is 0 Å². The van der Waals surface area contributed by atoms with E-state index in [2.05, 4.69) is 10.3 Å². The molecule has 0 fully saturated rings. The number of nitrogens with one attached hydrogen (secondary N) is 1. The zero-order valence-electron chi connectivity index (χ0n) is 15.3. The number of rotatable bonds is 7. The fourth-order valence-corrected chi connectivity index (χ4v) is 2.26. The van der Waals surface area contributed by atoms with E-state index in [0.29, 0.717) is 12.1 Å². The van der Waals surface area contributed by atoms with Crippen molar-refractivity contribution in [3.63, 3.8) is 0 Å². The molecule has 0 saturated carbocycles. The molecule has 0 spiro atoms. The number of pyridine rings is 1. The molecule has 26 heavy (non-hydrogen) atoms. The number of hydrogen-bond donors (Lipinski definition) is 1. The number of anilines is 1. The average Bonchev–Trinajstić information content (AvgIpc) is 2.66. The first kappa shape index (κ1) is 19.3. The Bertz CT molecular complexity index is 755. The number of carbonyl (C=O) groups excluding carboxylic acids is 2. The Morgan fingerprint density at radius 3 is 2.31 bits per heavy atom. The van der Waals surface area contributed by atoms with E-state index in [0.717, 1.165) is 17.8 Å². The van der Waals surface area contributed by atoms with E-state index in [-0.39, 0.29) is 11.8 Å². The fourth-order valence-electron chi connectivity index (χ4n) is 2.26. The summed E-state index contributed by atoms with van der Waals surface area (Å²) in [6, 6.07) is 10.9. The number of nitrogens with zero attached hydrogens (tertiary/aromatic N) is 3. The van der Waals surface area contributed by atoms with Gasteiger partial charge >= 0.3 is 0 Å². The van der Waals surface area contributed by atoms with Crippen molar-refractivity contribution in [2.75, 3.05) is 32.6 Å². The first-order valence-corrected chi connectivity index (χ1v) is 8.33. The Morgan fingerprint density at radius 1 is 1.04 bits per heavy atom. The molecule has 2 rings (SSSR count). The predicted molar refractivity (Wildman–Crippen MR) is 103 cm³/mol. The normalized spacial score (nSPS) is 10.9. The molecule has 2 aromatic rings. The molecule has 0 aliphatic carbocycles. The molecular weight excluding hydrogens is 328 g/mol. The van der Waals surface area contributed by atoms with Gasteiger partial charge in [0, 0.05) is 49.9 Å². The lowest BCUT2D eigenvalue weighted by molar-refractivity contribution is -0.116. The van der Waals surface area contributed by atoms with Crippen molar-refractivity contribution >= 4 is 17.5 Å². The van der Waals surface area contributed by atoms with E-state index in [4.69, 9.17) is 0 Å². The molecule has 1 aromatic heterocycles. The zero-order valence-corrected chi connectivity index (χ0v) is 15.3. The molecule has 0 bridgehead atoms. The summed E-state index contributed by atoms with van der Waals surface area (Å²) in [5.74, 6) is -0.222. The van der Waals surface area contributed by atoms with Crippen LogP contribution in [0.3, 0.4) is 0 Å². The van der Waals surface area contributed by atoms with Crippen molar-refractivity contribution in [1.82, 2.24) is 15.2 Å². The molecule has 1 heterocycles. The van der Waals surface area contributed by atoms with Gasteiger partial charge in [0.05, 0.1) is 0 Å². The van der Waals surface area contributed by atoms with E-state index in [1.165, 1.54) is 6.08 Å². The maximum Gasteiger partial charge on any atom is 0.258 e. The molecule has 2 amide bonds. The van der Waals surface area contributed by atoms with Gasteiger partial charge in [0.2, 0.25) is 5.91 Å². The lowest BCUT2D eigenvalue weighted by atomic mass is 10.1. The molecule has 0 atom stereocenters. The number of aromatic nitrogens is 1. The summed E-state index contributed by atoms with van der Waals surface area (Å²) in [7, 11) is 5.62. The zero-order chi connectivity index (χ0) is 18.9. The molecule has 1 aromatic carbocycles. The Hall–Kier alpha value is -2.99. The minimum Gasteiger partial charge on any atom is -0.348 e. The van der Waals surface area contributed by atoms with Crippen molar-refractivity contribution in [3.8, 4) is 0 Å². The third-order valence-corrected chi connectivity index (χ3v) is 3.76. The van der Waals surface area contributed by atoms with Crippen LogP contribution in [0, 0.1) is 0 Å². The summed E-state index contributed by atoms with van der Waals surface area (Å²) in [5.41, 5.74) is 2.34. The van der Waals surface area contributed by atoms with Crippen molar-refractivity contribution in [2.45, 2.75) is 6.54 Å². The van der Waals surface area contributed by atoms with Crippen molar-refractivity contribution < 1.29 is 9.59 Å². The number of hydrogen-bond acceptors (Lipinski definition) is 4. The van der Waals surface area contributed by atoms with Crippen LogP contribution in [0.15, 0.2) is 60.9 Å². The number of amides is 2. The van der Waals surface area contributed by atoms with E-state index in [1.54, 1.807) is 36.5 Å². The highest BCUT2D eigenvalue weighted by Crippen LogP contribution is 2.16. The molecule has 0 radical (unpaired) electrons. The second-order valence-corrected chi connectivity index (χ2v) is 6.15. The molecule has 1 N–H and O–H groups in total. The van der Waals surface area contributed by atoms with Crippen LogP contribution in [-0.2, 0) is 11.3 Å². The second kappa shape index (κ2) is 9.48. The van der Waals surface area contributed by atoms with Crippen LogP contribution >= 0.6 is 0 Å². The summed E-state index contributed by atoms with van der Waals surface area (Å²) in [6.07, 6.45) is 6.55. The predicted octanol–water partition coefficient (Wildman–Crippen LogP) is 2.09. The standard InChI is InChI=1S/C20H24N4O2/c1-23(2)14-4-5-19(25)22-15-16-6-8-18(9-7-16)24(3)20(26)17-10-12-21-13-11-17/h4-13H,14-15H2,1-3H3,(H,22,25)/b5-4+. The largest absolute Gasteiger partial charge is 0.348 e. The Balaban J connectivity index is 1.90. The first-order valence-electron chi connectivity index (χ1n) is 8.33. The van der Waals surface area contributed by atoms with Gasteiger partial charge in [0.15, 0.2) is 0 Å². The molecule has 136 valence electrons. The average molecular weight is 352 g/mol.